The zero-order valence-corrected chi connectivity index (χ0v) is 12.8. The van der Waals surface area contributed by atoms with Gasteiger partial charge in [0.1, 0.15) is 11.5 Å². The molecular formula is C14H16FNO4S. The van der Waals surface area contributed by atoms with Crippen molar-refractivity contribution in [3.8, 4) is 5.75 Å². The highest BCUT2D eigenvalue weighted by Gasteiger charge is 2.23. The molecule has 1 aromatic heterocycles. The van der Waals surface area contributed by atoms with Crippen LogP contribution in [0, 0.1) is 12.7 Å². The lowest BCUT2D eigenvalue weighted by molar-refractivity contribution is 0.384. The van der Waals surface area contributed by atoms with Crippen LogP contribution in [-0.4, -0.2) is 26.9 Å². The Bertz CT molecular complexity index is 739. The van der Waals surface area contributed by atoms with Crippen LogP contribution in [0.25, 0.3) is 0 Å². The average Bonchev–Trinajstić information content (AvgIpc) is 2.83. The fourth-order valence-corrected chi connectivity index (χ4v) is 3.01. The number of nitrogens with zero attached hydrogens (tertiary/aromatic N) is 1. The molecule has 0 unspecified atom stereocenters. The van der Waals surface area contributed by atoms with E-state index in [1.54, 1.807) is 19.1 Å². The third-order valence-electron chi connectivity index (χ3n) is 3.01. The maximum atomic E-state index is 13.6. The molecule has 0 fully saturated rings. The topological polar surface area (TPSA) is 59.8 Å². The Hall–Kier alpha value is -1.86. The van der Waals surface area contributed by atoms with Crippen LogP contribution in [0.2, 0.25) is 0 Å². The van der Waals surface area contributed by atoms with Gasteiger partial charge in [0.15, 0.2) is 11.6 Å². The highest BCUT2D eigenvalue weighted by atomic mass is 32.2. The minimum Gasteiger partial charge on any atom is -0.494 e. The van der Waals surface area contributed by atoms with Crippen LogP contribution >= 0.6 is 0 Å². The molecule has 0 saturated heterocycles. The van der Waals surface area contributed by atoms with Gasteiger partial charge in [0.2, 0.25) is 10.0 Å². The lowest BCUT2D eigenvalue weighted by atomic mass is 10.3. The van der Waals surface area contributed by atoms with E-state index < -0.39 is 15.8 Å². The first-order valence-electron chi connectivity index (χ1n) is 6.20. The van der Waals surface area contributed by atoms with Gasteiger partial charge in [0.25, 0.3) is 0 Å². The standard InChI is InChI=1S/C14H16FNO4S/c1-10-4-5-11(20-10)9-16(2)21(17,18)12-6-7-14(19-3)13(15)8-12/h4-8H,9H2,1-3H3. The summed E-state index contributed by atoms with van der Waals surface area (Å²) in [4.78, 5) is -0.133. The molecule has 21 heavy (non-hydrogen) atoms. The molecule has 0 radical (unpaired) electrons. The van der Waals surface area contributed by atoms with Crippen molar-refractivity contribution >= 4 is 10.0 Å². The molecule has 1 heterocycles. The van der Waals surface area contributed by atoms with E-state index in [1.165, 1.54) is 26.3 Å². The highest BCUT2D eigenvalue weighted by Crippen LogP contribution is 2.23. The van der Waals surface area contributed by atoms with Gasteiger partial charge in [0, 0.05) is 7.05 Å². The van der Waals surface area contributed by atoms with Gasteiger partial charge in [-0.3, -0.25) is 0 Å². The number of aryl methyl sites for hydroxylation is 1. The fourth-order valence-electron chi connectivity index (χ4n) is 1.86. The van der Waals surface area contributed by atoms with Crippen LogP contribution in [0.4, 0.5) is 4.39 Å². The van der Waals surface area contributed by atoms with Crippen molar-refractivity contribution in [1.29, 1.82) is 0 Å². The van der Waals surface area contributed by atoms with Gasteiger partial charge in [-0.1, -0.05) is 0 Å². The quantitative estimate of drug-likeness (QED) is 0.851. The van der Waals surface area contributed by atoms with Gasteiger partial charge in [-0.15, -0.1) is 0 Å². The summed E-state index contributed by atoms with van der Waals surface area (Å²) in [5, 5.41) is 0. The van der Waals surface area contributed by atoms with Crippen molar-refractivity contribution in [2.45, 2.75) is 18.4 Å². The van der Waals surface area contributed by atoms with E-state index in [4.69, 9.17) is 9.15 Å². The van der Waals surface area contributed by atoms with Gasteiger partial charge in [0.05, 0.1) is 18.6 Å². The number of hydrogen-bond donors (Lipinski definition) is 0. The van der Waals surface area contributed by atoms with Crippen LogP contribution < -0.4 is 4.74 Å². The van der Waals surface area contributed by atoms with Gasteiger partial charge >= 0.3 is 0 Å². The maximum absolute atomic E-state index is 13.6. The summed E-state index contributed by atoms with van der Waals surface area (Å²) >= 11 is 0. The number of hydrogen-bond acceptors (Lipinski definition) is 4. The second-order valence-electron chi connectivity index (χ2n) is 4.57. The molecule has 0 saturated carbocycles. The Morgan fingerprint density at radius 2 is 2.00 bits per heavy atom. The smallest absolute Gasteiger partial charge is 0.243 e. The normalized spacial score (nSPS) is 11.9. The van der Waals surface area contributed by atoms with Gasteiger partial charge in [-0.25, -0.2) is 12.8 Å². The Morgan fingerprint density at radius 1 is 1.29 bits per heavy atom. The molecule has 5 nitrogen and oxygen atoms in total. The number of halogens is 1. The summed E-state index contributed by atoms with van der Waals surface area (Å²) in [5.41, 5.74) is 0. The van der Waals surface area contributed by atoms with Crippen LogP contribution in [-0.2, 0) is 16.6 Å². The van der Waals surface area contributed by atoms with Crippen LogP contribution in [0.5, 0.6) is 5.75 Å². The van der Waals surface area contributed by atoms with Crippen molar-refractivity contribution < 1.29 is 22.0 Å². The van der Waals surface area contributed by atoms with Gasteiger partial charge in [-0.2, -0.15) is 4.31 Å². The zero-order valence-electron chi connectivity index (χ0n) is 12.0. The molecule has 114 valence electrons. The second-order valence-corrected chi connectivity index (χ2v) is 6.61. The molecule has 0 bridgehead atoms. The molecule has 0 atom stereocenters. The minimum atomic E-state index is -3.80. The van der Waals surface area contributed by atoms with E-state index in [0.29, 0.717) is 11.5 Å². The third kappa shape index (κ3) is 3.25. The van der Waals surface area contributed by atoms with Crippen molar-refractivity contribution in [1.82, 2.24) is 4.31 Å². The molecule has 0 amide bonds. The number of furan rings is 1. The van der Waals surface area contributed by atoms with Crippen molar-refractivity contribution in [3.63, 3.8) is 0 Å². The Labute approximate surface area is 123 Å². The molecular weight excluding hydrogens is 297 g/mol. The number of sulfonamides is 1. The monoisotopic (exact) mass is 313 g/mol. The SMILES string of the molecule is COc1ccc(S(=O)(=O)N(C)Cc2ccc(C)o2)cc1F. The number of ether oxygens (including phenoxy) is 1. The first kappa shape index (κ1) is 15.5. The summed E-state index contributed by atoms with van der Waals surface area (Å²) in [7, 11) is -1.07. The van der Waals surface area contributed by atoms with Gasteiger partial charge in [-0.05, 0) is 37.3 Å². The van der Waals surface area contributed by atoms with Crippen LogP contribution in [0.15, 0.2) is 39.6 Å². The van der Waals surface area contributed by atoms with Crippen LogP contribution in [0.3, 0.4) is 0 Å². The molecule has 2 rings (SSSR count). The lowest BCUT2D eigenvalue weighted by Gasteiger charge is -2.16. The van der Waals surface area contributed by atoms with E-state index in [0.717, 1.165) is 10.4 Å². The van der Waals surface area contributed by atoms with E-state index in [-0.39, 0.29) is 17.2 Å². The largest absolute Gasteiger partial charge is 0.494 e. The molecule has 0 N–H and O–H groups in total. The number of rotatable bonds is 5. The molecule has 2 aromatic rings. The Balaban J connectivity index is 2.26. The number of methoxy groups -OCH3 is 1. The minimum absolute atomic E-state index is 0.00161. The van der Waals surface area contributed by atoms with E-state index in [2.05, 4.69) is 0 Å². The van der Waals surface area contributed by atoms with Crippen molar-refractivity contribution in [3.05, 3.63) is 47.7 Å². The Morgan fingerprint density at radius 3 is 2.52 bits per heavy atom. The maximum Gasteiger partial charge on any atom is 0.243 e. The first-order chi connectivity index (χ1) is 9.84. The fraction of sp³-hybridized carbons (Fsp3) is 0.286. The van der Waals surface area contributed by atoms with Crippen molar-refractivity contribution in [2.24, 2.45) is 0 Å². The molecule has 7 heteroatoms. The summed E-state index contributed by atoms with van der Waals surface area (Å²) < 4.78 is 49.6. The van der Waals surface area contributed by atoms with E-state index in [1.807, 2.05) is 0 Å². The van der Waals surface area contributed by atoms with E-state index >= 15 is 0 Å². The summed E-state index contributed by atoms with van der Waals surface area (Å²) in [6, 6.07) is 6.99. The van der Waals surface area contributed by atoms with Gasteiger partial charge < -0.3 is 9.15 Å². The first-order valence-corrected chi connectivity index (χ1v) is 7.64. The van der Waals surface area contributed by atoms with Crippen LogP contribution in [0.1, 0.15) is 11.5 Å². The summed E-state index contributed by atoms with van der Waals surface area (Å²) in [6.07, 6.45) is 0. The molecule has 0 aliphatic heterocycles. The predicted molar refractivity (Wildman–Crippen MR) is 75.0 cm³/mol. The Kier molecular flexibility index (Phi) is 4.34. The lowest BCUT2D eigenvalue weighted by Crippen LogP contribution is -2.26. The second kappa shape index (κ2) is 5.87. The van der Waals surface area contributed by atoms with Crippen molar-refractivity contribution in [2.75, 3.05) is 14.2 Å². The summed E-state index contributed by atoms with van der Waals surface area (Å²) in [6.45, 7) is 1.85. The molecule has 1 aromatic carbocycles. The summed E-state index contributed by atoms with van der Waals surface area (Å²) in [5.74, 6) is 0.498. The molecule has 0 spiro atoms. The molecule has 0 aliphatic carbocycles. The van der Waals surface area contributed by atoms with E-state index in [9.17, 15) is 12.8 Å². The number of benzene rings is 1. The zero-order chi connectivity index (χ0) is 15.6. The average molecular weight is 313 g/mol. The predicted octanol–water partition coefficient (Wildman–Crippen LogP) is 2.56. The third-order valence-corrected chi connectivity index (χ3v) is 4.81. The molecule has 0 aliphatic rings. The highest BCUT2D eigenvalue weighted by molar-refractivity contribution is 7.89.